The summed E-state index contributed by atoms with van der Waals surface area (Å²) in [7, 11) is 0. The number of carbonyl (C=O) groups is 2. The summed E-state index contributed by atoms with van der Waals surface area (Å²) in [6.45, 7) is -0.0864. The van der Waals surface area contributed by atoms with Gasteiger partial charge in [0.1, 0.15) is 18.8 Å². The van der Waals surface area contributed by atoms with Crippen LogP contribution in [0.1, 0.15) is 12.8 Å². The Kier molecular flexibility index (Phi) is 2.23. The highest BCUT2D eigenvalue weighted by Crippen LogP contribution is 2.28. The van der Waals surface area contributed by atoms with Crippen LogP contribution in [0.25, 0.3) is 0 Å². The van der Waals surface area contributed by atoms with Crippen LogP contribution in [0.2, 0.25) is 0 Å². The molecule has 5 nitrogen and oxygen atoms in total. The number of terminal acetylenes is 1. The van der Waals surface area contributed by atoms with Gasteiger partial charge in [-0.3, -0.25) is 14.4 Å². The maximum atomic E-state index is 11.5. The van der Waals surface area contributed by atoms with Crippen molar-refractivity contribution in [1.82, 2.24) is 5.06 Å². The van der Waals surface area contributed by atoms with Crippen molar-refractivity contribution in [1.29, 1.82) is 0 Å². The fraction of sp³-hybridized carbons (Fsp3) is 0.556. The van der Waals surface area contributed by atoms with E-state index < -0.39 is 24.0 Å². The van der Waals surface area contributed by atoms with Crippen molar-refractivity contribution < 1.29 is 19.2 Å². The topological polar surface area (TPSA) is 55.8 Å². The molecular weight excluding hydrogens is 186 g/mol. The summed E-state index contributed by atoms with van der Waals surface area (Å²) in [4.78, 5) is 27.8. The van der Waals surface area contributed by atoms with E-state index in [1.807, 2.05) is 0 Å². The van der Waals surface area contributed by atoms with Crippen molar-refractivity contribution in [2.24, 2.45) is 0 Å². The standard InChI is InChI=1S/C9H9NO4/c1-2-5-13-10-8(11)6-3-4-7(14-6)9(10)12/h1,6-7H,3-5H2. The second-order valence-electron chi connectivity index (χ2n) is 3.14. The summed E-state index contributed by atoms with van der Waals surface area (Å²) in [5, 5.41) is 0.742. The van der Waals surface area contributed by atoms with Crippen LogP contribution in [0.15, 0.2) is 0 Å². The molecule has 14 heavy (non-hydrogen) atoms. The first-order valence-corrected chi connectivity index (χ1v) is 4.33. The molecule has 2 amide bonds. The largest absolute Gasteiger partial charge is 0.355 e. The third kappa shape index (κ3) is 1.29. The van der Waals surface area contributed by atoms with Crippen molar-refractivity contribution in [2.45, 2.75) is 25.0 Å². The first kappa shape index (κ1) is 9.19. The number of rotatable bonds is 2. The van der Waals surface area contributed by atoms with Crippen LogP contribution >= 0.6 is 0 Å². The second kappa shape index (κ2) is 3.40. The van der Waals surface area contributed by atoms with Crippen molar-refractivity contribution in [3.8, 4) is 12.3 Å². The van der Waals surface area contributed by atoms with Gasteiger partial charge in [0.2, 0.25) is 0 Å². The fourth-order valence-corrected chi connectivity index (χ4v) is 1.60. The molecule has 2 aliphatic heterocycles. The van der Waals surface area contributed by atoms with Crippen molar-refractivity contribution >= 4 is 11.8 Å². The number of ether oxygens (including phenoxy) is 1. The molecule has 0 aromatic rings. The lowest BCUT2D eigenvalue weighted by Gasteiger charge is -2.27. The molecule has 0 saturated carbocycles. The molecule has 0 aliphatic carbocycles. The molecule has 0 radical (unpaired) electrons. The van der Waals surface area contributed by atoms with Gasteiger partial charge >= 0.3 is 0 Å². The summed E-state index contributed by atoms with van der Waals surface area (Å²) in [5.41, 5.74) is 0. The highest BCUT2D eigenvalue weighted by atomic mass is 16.7. The third-order valence-electron chi connectivity index (χ3n) is 2.25. The fourth-order valence-electron chi connectivity index (χ4n) is 1.60. The van der Waals surface area contributed by atoms with Gasteiger partial charge in [-0.15, -0.1) is 11.5 Å². The van der Waals surface area contributed by atoms with Gasteiger partial charge < -0.3 is 4.74 Å². The Hall–Kier alpha value is -1.38. The molecule has 2 bridgehead atoms. The zero-order valence-corrected chi connectivity index (χ0v) is 7.43. The van der Waals surface area contributed by atoms with Gasteiger partial charge in [-0.2, -0.15) is 0 Å². The molecule has 74 valence electrons. The van der Waals surface area contributed by atoms with Crippen LogP contribution in [0.3, 0.4) is 0 Å². The average Bonchev–Trinajstić information content (AvgIpc) is 2.62. The van der Waals surface area contributed by atoms with Gasteiger partial charge in [-0.1, -0.05) is 5.92 Å². The molecule has 5 heteroatoms. The summed E-state index contributed by atoms with van der Waals surface area (Å²) in [6.07, 6.45) is 5.05. The van der Waals surface area contributed by atoms with Crippen LogP contribution in [0.4, 0.5) is 0 Å². The van der Waals surface area contributed by atoms with E-state index in [1.165, 1.54) is 0 Å². The van der Waals surface area contributed by atoms with Crippen LogP contribution in [0, 0.1) is 12.3 Å². The highest BCUT2D eigenvalue weighted by molar-refractivity contribution is 6.01. The number of hydroxylamine groups is 2. The summed E-state index contributed by atoms with van der Waals surface area (Å²) in [6, 6.07) is 0. The molecule has 0 aromatic carbocycles. The highest BCUT2D eigenvalue weighted by Gasteiger charge is 2.47. The molecule has 2 heterocycles. The molecule has 2 rings (SSSR count). The van der Waals surface area contributed by atoms with Crippen LogP contribution in [0.5, 0.6) is 0 Å². The lowest BCUT2D eigenvalue weighted by molar-refractivity contribution is -0.215. The van der Waals surface area contributed by atoms with Gasteiger partial charge in [0.05, 0.1) is 0 Å². The lowest BCUT2D eigenvalue weighted by Crippen LogP contribution is -2.51. The Labute approximate surface area is 80.9 Å². The monoisotopic (exact) mass is 195 g/mol. The molecule has 2 unspecified atom stereocenters. The van der Waals surface area contributed by atoms with Gasteiger partial charge in [-0.25, -0.2) is 0 Å². The van der Waals surface area contributed by atoms with E-state index in [9.17, 15) is 9.59 Å². The van der Waals surface area contributed by atoms with Crippen LogP contribution in [-0.2, 0) is 19.2 Å². The molecule has 2 atom stereocenters. The summed E-state index contributed by atoms with van der Waals surface area (Å²) >= 11 is 0. The quantitative estimate of drug-likeness (QED) is 0.439. The van der Waals surface area contributed by atoms with Crippen LogP contribution in [-0.4, -0.2) is 35.7 Å². The number of imide groups is 1. The second-order valence-corrected chi connectivity index (χ2v) is 3.14. The molecule has 2 aliphatic rings. The van der Waals surface area contributed by atoms with E-state index in [2.05, 4.69) is 5.92 Å². The smallest absolute Gasteiger partial charge is 0.282 e. The predicted octanol–water partition coefficient (Wildman–Crippen LogP) is -0.532. The van der Waals surface area contributed by atoms with Gasteiger partial charge in [-0.05, 0) is 12.8 Å². The molecule has 0 spiro atoms. The molecular formula is C9H9NO4. The van der Waals surface area contributed by atoms with Crippen molar-refractivity contribution in [3.05, 3.63) is 0 Å². The predicted molar refractivity (Wildman–Crippen MR) is 44.5 cm³/mol. The van der Waals surface area contributed by atoms with Crippen molar-refractivity contribution in [2.75, 3.05) is 6.61 Å². The van der Waals surface area contributed by atoms with Gasteiger partial charge in [0.25, 0.3) is 11.8 Å². The minimum atomic E-state index is -0.532. The molecule has 2 fully saturated rings. The number of carbonyl (C=O) groups excluding carboxylic acids is 2. The number of hydrogen-bond donors (Lipinski definition) is 0. The van der Waals surface area contributed by atoms with E-state index in [0.29, 0.717) is 12.8 Å². The number of amides is 2. The number of fused-ring (bicyclic) bond motifs is 2. The lowest BCUT2D eigenvalue weighted by atomic mass is 10.2. The zero-order chi connectivity index (χ0) is 10.1. The van der Waals surface area contributed by atoms with E-state index >= 15 is 0 Å². The summed E-state index contributed by atoms with van der Waals surface area (Å²) in [5.74, 6) is 1.31. The Morgan fingerprint density at radius 1 is 1.43 bits per heavy atom. The normalized spacial score (nSPS) is 30.6. The number of nitrogens with zero attached hydrogens (tertiary/aromatic N) is 1. The Morgan fingerprint density at radius 2 is 2.00 bits per heavy atom. The minimum Gasteiger partial charge on any atom is -0.355 e. The van der Waals surface area contributed by atoms with Gasteiger partial charge in [0, 0.05) is 0 Å². The average molecular weight is 195 g/mol. The van der Waals surface area contributed by atoms with E-state index in [-0.39, 0.29) is 6.61 Å². The summed E-state index contributed by atoms with van der Waals surface area (Å²) < 4.78 is 5.16. The third-order valence-corrected chi connectivity index (χ3v) is 2.25. The van der Waals surface area contributed by atoms with Crippen LogP contribution < -0.4 is 0 Å². The maximum Gasteiger partial charge on any atom is 0.282 e. The number of hydrogen-bond acceptors (Lipinski definition) is 4. The van der Waals surface area contributed by atoms with Gasteiger partial charge in [0.15, 0.2) is 0 Å². The SMILES string of the molecule is C#CCON1C(=O)C2CCC(O2)C1=O. The Bertz CT molecular complexity index is 297. The first-order valence-electron chi connectivity index (χ1n) is 4.33. The molecule has 0 N–H and O–H groups in total. The first-order chi connectivity index (χ1) is 6.74. The maximum absolute atomic E-state index is 11.5. The molecule has 0 aromatic heterocycles. The Balaban J connectivity index is 2.12. The van der Waals surface area contributed by atoms with Crippen molar-refractivity contribution in [3.63, 3.8) is 0 Å². The molecule has 2 saturated heterocycles. The number of morpholine rings is 1. The Morgan fingerprint density at radius 3 is 2.50 bits per heavy atom. The van der Waals surface area contributed by atoms with E-state index in [4.69, 9.17) is 16.0 Å². The zero-order valence-electron chi connectivity index (χ0n) is 7.43. The van der Waals surface area contributed by atoms with E-state index in [1.54, 1.807) is 0 Å². The minimum absolute atomic E-state index is 0.0864. The van der Waals surface area contributed by atoms with E-state index in [0.717, 1.165) is 5.06 Å².